The molecule has 3 heteroatoms. The van der Waals surface area contributed by atoms with Gasteiger partial charge in [0.25, 0.3) is 0 Å². The summed E-state index contributed by atoms with van der Waals surface area (Å²) in [6.07, 6.45) is 3.88. The molecule has 3 nitrogen and oxygen atoms in total. The summed E-state index contributed by atoms with van der Waals surface area (Å²) in [5.41, 5.74) is 7.76. The maximum atomic E-state index is 8.96. The van der Waals surface area contributed by atoms with Gasteiger partial charge in [-0.2, -0.15) is 0 Å². The number of hydrogen-bond donors (Lipinski definition) is 3. The molecule has 2 rings (SSSR count). The van der Waals surface area contributed by atoms with Gasteiger partial charge in [-0.3, -0.25) is 0 Å². The number of benzene rings is 1. The third-order valence-corrected chi connectivity index (χ3v) is 2.62. The lowest BCUT2D eigenvalue weighted by atomic mass is 10.1. The number of aliphatic hydroxyl groups excluding tert-OH is 1. The third kappa shape index (κ3) is 2.37. The Labute approximate surface area is 88.9 Å². The zero-order valence-corrected chi connectivity index (χ0v) is 8.61. The Bertz CT molecular complexity index is 434. The molecule has 1 aromatic heterocycles. The molecule has 15 heavy (non-hydrogen) atoms. The number of rotatable bonds is 4. The highest BCUT2D eigenvalue weighted by Crippen LogP contribution is 2.19. The van der Waals surface area contributed by atoms with Crippen LogP contribution < -0.4 is 5.73 Å². The number of fused-ring (bicyclic) bond motifs is 1. The first-order valence-electron chi connectivity index (χ1n) is 5.26. The molecule has 0 saturated carbocycles. The summed E-state index contributed by atoms with van der Waals surface area (Å²) < 4.78 is 0. The van der Waals surface area contributed by atoms with E-state index in [0.29, 0.717) is 6.42 Å². The highest BCUT2D eigenvalue weighted by molar-refractivity contribution is 5.82. The van der Waals surface area contributed by atoms with Crippen molar-refractivity contribution in [3.8, 4) is 0 Å². The van der Waals surface area contributed by atoms with Crippen LogP contribution in [0.2, 0.25) is 0 Å². The maximum absolute atomic E-state index is 8.96. The summed E-state index contributed by atoms with van der Waals surface area (Å²) >= 11 is 0. The average molecular weight is 204 g/mol. The summed E-state index contributed by atoms with van der Waals surface area (Å²) in [5.74, 6) is 0. The SMILES string of the molecule is NC(O)CCCc1c[nH]c2ccccc12. The van der Waals surface area contributed by atoms with E-state index in [2.05, 4.69) is 17.1 Å². The van der Waals surface area contributed by atoms with Crippen LogP contribution in [-0.2, 0) is 6.42 Å². The van der Waals surface area contributed by atoms with Gasteiger partial charge in [-0.05, 0) is 30.9 Å². The lowest BCUT2D eigenvalue weighted by molar-refractivity contribution is 0.169. The minimum Gasteiger partial charge on any atom is -0.379 e. The molecule has 0 amide bonds. The van der Waals surface area contributed by atoms with E-state index in [1.165, 1.54) is 16.5 Å². The van der Waals surface area contributed by atoms with E-state index in [1.807, 2.05) is 18.3 Å². The minimum absolute atomic E-state index is 0.652. The molecular weight excluding hydrogens is 188 g/mol. The molecule has 0 bridgehead atoms. The first-order valence-corrected chi connectivity index (χ1v) is 5.26. The van der Waals surface area contributed by atoms with Crippen molar-refractivity contribution in [1.29, 1.82) is 0 Å². The molecule has 2 aromatic rings. The molecule has 0 radical (unpaired) electrons. The zero-order valence-electron chi connectivity index (χ0n) is 8.61. The van der Waals surface area contributed by atoms with E-state index >= 15 is 0 Å². The molecule has 4 N–H and O–H groups in total. The van der Waals surface area contributed by atoms with Crippen LogP contribution in [0.3, 0.4) is 0 Å². The van der Waals surface area contributed by atoms with E-state index < -0.39 is 6.23 Å². The fraction of sp³-hybridized carbons (Fsp3) is 0.333. The smallest absolute Gasteiger partial charge is 0.102 e. The van der Waals surface area contributed by atoms with E-state index in [0.717, 1.165) is 12.8 Å². The van der Waals surface area contributed by atoms with Gasteiger partial charge >= 0.3 is 0 Å². The molecule has 1 atom stereocenters. The van der Waals surface area contributed by atoms with Crippen LogP contribution in [-0.4, -0.2) is 16.3 Å². The second-order valence-corrected chi connectivity index (χ2v) is 3.82. The number of nitrogens with one attached hydrogen (secondary N) is 1. The fourth-order valence-electron chi connectivity index (χ4n) is 1.84. The number of para-hydroxylation sites is 1. The van der Waals surface area contributed by atoms with Crippen LogP contribution in [0.1, 0.15) is 18.4 Å². The van der Waals surface area contributed by atoms with Gasteiger partial charge in [0.05, 0.1) is 0 Å². The fourth-order valence-corrected chi connectivity index (χ4v) is 1.84. The third-order valence-electron chi connectivity index (χ3n) is 2.62. The Hall–Kier alpha value is -1.32. The largest absolute Gasteiger partial charge is 0.379 e. The molecule has 1 unspecified atom stereocenters. The molecule has 0 aliphatic rings. The monoisotopic (exact) mass is 204 g/mol. The summed E-state index contributed by atoms with van der Waals surface area (Å²) in [4.78, 5) is 3.23. The summed E-state index contributed by atoms with van der Waals surface area (Å²) in [5, 5.41) is 10.2. The van der Waals surface area contributed by atoms with Crippen LogP contribution >= 0.6 is 0 Å². The molecule has 0 spiro atoms. The van der Waals surface area contributed by atoms with Crippen molar-refractivity contribution in [2.75, 3.05) is 0 Å². The Morgan fingerprint density at radius 1 is 1.33 bits per heavy atom. The van der Waals surface area contributed by atoms with Crippen molar-refractivity contribution in [2.45, 2.75) is 25.5 Å². The van der Waals surface area contributed by atoms with Gasteiger partial charge in [0.15, 0.2) is 0 Å². The van der Waals surface area contributed by atoms with Gasteiger partial charge in [-0.1, -0.05) is 18.2 Å². The second-order valence-electron chi connectivity index (χ2n) is 3.82. The Kier molecular flexibility index (Phi) is 3.04. The molecular formula is C12H16N2O. The number of H-pyrrole nitrogens is 1. The average Bonchev–Trinajstić information content (AvgIpc) is 2.62. The van der Waals surface area contributed by atoms with Crippen molar-refractivity contribution in [3.05, 3.63) is 36.0 Å². The van der Waals surface area contributed by atoms with E-state index in [9.17, 15) is 0 Å². The molecule has 80 valence electrons. The van der Waals surface area contributed by atoms with Gasteiger partial charge in [-0.15, -0.1) is 0 Å². The van der Waals surface area contributed by atoms with Crippen LogP contribution in [0.4, 0.5) is 0 Å². The Balaban J connectivity index is 2.08. The van der Waals surface area contributed by atoms with Crippen molar-refractivity contribution in [2.24, 2.45) is 5.73 Å². The molecule has 0 fully saturated rings. The first kappa shape index (κ1) is 10.2. The van der Waals surface area contributed by atoms with Gasteiger partial charge in [0.2, 0.25) is 0 Å². The number of aromatic nitrogens is 1. The van der Waals surface area contributed by atoms with Crippen molar-refractivity contribution in [3.63, 3.8) is 0 Å². The number of nitrogens with two attached hydrogens (primary N) is 1. The Morgan fingerprint density at radius 2 is 2.13 bits per heavy atom. The Morgan fingerprint density at radius 3 is 2.93 bits per heavy atom. The topological polar surface area (TPSA) is 62.0 Å². The van der Waals surface area contributed by atoms with Crippen LogP contribution in [0.15, 0.2) is 30.5 Å². The quantitative estimate of drug-likeness (QED) is 0.665. The highest BCUT2D eigenvalue weighted by Gasteiger charge is 2.03. The molecule has 0 aliphatic heterocycles. The van der Waals surface area contributed by atoms with Crippen molar-refractivity contribution < 1.29 is 5.11 Å². The van der Waals surface area contributed by atoms with Crippen molar-refractivity contribution in [1.82, 2.24) is 4.98 Å². The molecule has 0 aliphatic carbocycles. The summed E-state index contributed by atoms with van der Waals surface area (Å²) in [6.45, 7) is 0. The second kappa shape index (κ2) is 4.47. The van der Waals surface area contributed by atoms with E-state index in [1.54, 1.807) is 0 Å². The minimum atomic E-state index is -0.685. The molecule has 0 saturated heterocycles. The standard InChI is InChI=1S/C12H16N2O/c13-12(15)7-3-4-9-8-14-11-6-2-1-5-10(9)11/h1-2,5-6,8,12,14-15H,3-4,7,13H2. The summed E-state index contributed by atoms with van der Waals surface area (Å²) in [6, 6.07) is 8.24. The first-order chi connectivity index (χ1) is 7.27. The van der Waals surface area contributed by atoms with Crippen LogP contribution in [0, 0.1) is 0 Å². The predicted octanol–water partition coefficient (Wildman–Crippen LogP) is 1.77. The number of aryl methyl sites for hydroxylation is 1. The lowest BCUT2D eigenvalue weighted by Gasteiger charge is -2.02. The molecule has 1 aromatic carbocycles. The normalized spacial score (nSPS) is 13.2. The van der Waals surface area contributed by atoms with E-state index in [4.69, 9.17) is 10.8 Å². The number of aromatic amines is 1. The predicted molar refractivity (Wildman–Crippen MR) is 61.4 cm³/mol. The lowest BCUT2D eigenvalue weighted by Crippen LogP contribution is -2.18. The zero-order chi connectivity index (χ0) is 10.7. The number of hydrogen-bond acceptors (Lipinski definition) is 2. The number of aliphatic hydroxyl groups is 1. The van der Waals surface area contributed by atoms with Crippen LogP contribution in [0.5, 0.6) is 0 Å². The highest BCUT2D eigenvalue weighted by atomic mass is 16.3. The summed E-state index contributed by atoms with van der Waals surface area (Å²) in [7, 11) is 0. The van der Waals surface area contributed by atoms with Gasteiger partial charge in [-0.25, -0.2) is 0 Å². The van der Waals surface area contributed by atoms with Gasteiger partial charge in [0.1, 0.15) is 6.23 Å². The van der Waals surface area contributed by atoms with E-state index in [-0.39, 0.29) is 0 Å². The van der Waals surface area contributed by atoms with Gasteiger partial charge in [0, 0.05) is 17.1 Å². The van der Waals surface area contributed by atoms with Crippen LogP contribution in [0.25, 0.3) is 10.9 Å². The van der Waals surface area contributed by atoms with Gasteiger partial charge < -0.3 is 15.8 Å². The molecule has 1 heterocycles. The maximum Gasteiger partial charge on any atom is 0.102 e. The van der Waals surface area contributed by atoms with Crippen molar-refractivity contribution >= 4 is 10.9 Å².